The number of hydrogen-bond acceptors (Lipinski definition) is 1. The Hall–Kier alpha value is -1.25. The van der Waals surface area contributed by atoms with Crippen LogP contribution >= 0.6 is 0 Å². The van der Waals surface area contributed by atoms with Crippen LogP contribution in [0.15, 0.2) is 18.8 Å². The summed E-state index contributed by atoms with van der Waals surface area (Å²) < 4.78 is 24.7. The van der Waals surface area contributed by atoms with Gasteiger partial charge in [0.2, 0.25) is 5.95 Å². The maximum Gasteiger partial charge on any atom is 0.249 e. The second-order valence-electron chi connectivity index (χ2n) is 1.71. The lowest BCUT2D eigenvalue weighted by Crippen LogP contribution is -1.90. The molecule has 1 heterocycles. The third kappa shape index (κ3) is 1.03. The Morgan fingerprint density at radius 1 is 1.50 bits per heavy atom. The molecule has 0 aliphatic heterocycles. The molecule has 0 fully saturated rings. The van der Waals surface area contributed by atoms with E-state index in [4.69, 9.17) is 0 Å². The van der Waals surface area contributed by atoms with E-state index in [0.717, 1.165) is 0 Å². The summed E-state index contributed by atoms with van der Waals surface area (Å²) in [6.45, 7) is 3.30. The van der Waals surface area contributed by atoms with Gasteiger partial charge in [-0.2, -0.15) is 4.39 Å². The van der Waals surface area contributed by atoms with Gasteiger partial charge < -0.3 is 0 Å². The first-order valence-electron chi connectivity index (χ1n) is 2.68. The molecule has 0 spiro atoms. The van der Waals surface area contributed by atoms with E-state index in [1.807, 2.05) is 0 Å². The number of nitrogens with zero attached hydrogens (tertiary/aromatic N) is 1. The summed E-state index contributed by atoms with van der Waals surface area (Å²) in [5, 5.41) is 0. The maximum absolute atomic E-state index is 12.5. The lowest BCUT2D eigenvalue weighted by atomic mass is 10.2. The van der Waals surface area contributed by atoms with E-state index in [1.54, 1.807) is 0 Å². The van der Waals surface area contributed by atoms with E-state index in [1.165, 1.54) is 18.3 Å². The molecule has 0 bridgehead atoms. The highest BCUT2D eigenvalue weighted by atomic mass is 19.2. The summed E-state index contributed by atoms with van der Waals surface area (Å²) in [7, 11) is 0. The van der Waals surface area contributed by atoms with Crippen LogP contribution in [0.5, 0.6) is 0 Å². The molecule has 3 heteroatoms. The van der Waals surface area contributed by atoms with Gasteiger partial charge in [0.1, 0.15) is 0 Å². The standard InChI is InChI=1S/C7H5F2N/c1-2-5-3-4-10-7(9)6(5)8/h2-4H,1H2. The average molecular weight is 141 g/mol. The van der Waals surface area contributed by atoms with Gasteiger partial charge in [0.05, 0.1) is 0 Å². The SMILES string of the molecule is C=Cc1ccnc(F)c1F. The van der Waals surface area contributed by atoms with E-state index in [0.29, 0.717) is 0 Å². The second-order valence-corrected chi connectivity index (χ2v) is 1.71. The lowest BCUT2D eigenvalue weighted by molar-refractivity contribution is 0.478. The maximum atomic E-state index is 12.5. The minimum absolute atomic E-state index is 0.132. The predicted molar refractivity (Wildman–Crippen MR) is 34.2 cm³/mol. The van der Waals surface area contributed by atoms with E-state index in [2.05, 4.69) is 11.6 Å². The first kappa shape index (κ1) is 6.86. The number of hydrogen-bond donors (Lipinski definition) is 0. The highest BCUT2D eigenvalue weighted by Crippen LogP contribution is 2.08. The fourth-order valence-electron chi connectivity index (χ4n) is 0.590. The molecule has 10 heavy (non-hydrogen) atoms. The Bertz CT molecular complexity index is 258. The Morgan fingerprint density at radius 2 is 2.20 bits per heavy atom. The summed E-state index contributed by atoms with van der Waals surface area (Å²) in [6.07, 6.45) is 2.43. The first-order valence-corrected chi connectivity index (χ1v) is 2.68. The van der Waals surface area contributed by atoms with E-state index >= 15 is 0 Å². The molecular weight excluding hydrogens is 136 g/mol. The highest BCUT2D eigenvalue weighted by Gasteiger charge is 2.04. The van der Waals surface area contributed by atoms with Crippen LogP contribution in [0.4, 0.5) is 8.78 Å². The Labute approximate surface area is 57.0 Å². The van der Waals surface area contributed by atoms with Crippen LogP contribution in [-0.4, -0.2) is 4.98 Å². The van der Waals surface area contributed by atoms with Crippen molar-refractivity contribution in [3.05, 3.63) is 36.2 Å². The zero-order chi connectivity index (χ0) is 7.56. The average Bonchev–Trinajstić information content (AvgIpc) is 1.95. The summed E-state index contributed by atoms with van der Waals surface area (Å²) in [6, 6.07) is 1.35. The normalized spacial score (nSPS) is 9.40. The van der Waals surface area contributed by atoms with Crippen LogP contribution in [0, 0.1) is 11.8 Å². The molecule has 0 atom stereocenters. The molecule has 0 aliphatic rings. The molecular formula is C7H5F2N. The van der Waals surface area contributed by atoms with Crippen LogP contribution < -0.4 is 0 Å². The zero-order valence-electron chi connectivity index (χ0n) is 5.14. The van der Waals surface area contributed by atoms with Crippen LogP contribution in [0.1, 0.15) is 5.56 Å². The van der Waals surface area contributed by atoms with Gasteiger partial charge in [0.15, 0.2) is 5.82 Å². The zero-order valence-corrected chi connectivity index (χ0v) is 5.14. The third-order valence-electron chi connectivity index (χ3n) is 1.10. The van der Waals surface area contributed by atoms with Crippen LogP contribution in [0.2, 0.25) is 0 Å². The molecule has 0 radical (unpaired) electrons. The minimum atomic E-state index is -1.09. The van der Waals surface area contributed by atoms with E-state index in [9.17, 15) is 8.78 Å². The fraction of sp³-hybridized carbons (Fsp3) is 0. The summed E-state index contributed by atoms with van der Waals surface area (Å²) >= 11 is 0. The van der Waals surface area contributed by atoms with Gasteiger partial charge in [0, 0.05) is 11.8 Å². The van der Waals surface area contributed by atoms with Gasteiger partial charge in [-0.25, -0.2) is 9.37 Å². The molecule has 0 saturated heterocycles. The van der Waals surface area contributed by atoms with Gasteiger partial charge in [-0.15, -0.1) is 0 Å². The van der Waals surface area contributed by atoms with Crippen molar-refractivity contribution in [3.8, 4) is 0 Å². The smallest absolute Gasteiger partial charge is 0.226 e. The molecule has 1 aromatic rings. The van der Waals surface area contributed by atoms with Gasteiger partial charge in [-0.1, -0.05) is 12.7 Å². The summed E-state index contributed by atoms with van der Waals surface area (Å²) in [5.74, 6) is -2.03. The van der Waals surface area contributed by atoms with E-state index in [-0.39, 0.29) is 5.56 Å². The number of halogens is 2. The van der Waals surface area contributed by atoms with Crippen molar-refractivity contribution in [1.82, 2.24) is 4.98 Å². The van der Waals surface area contributed by atoms with Crippen molar-refractivity contribution in [1.29, 1.82) is 0 Å². The summed E-state index contributed by atoms with van der Waals surface area (Å²) in [4.78, 5) is 3.10. The Morgan fingerprint density at radius 3 is 2.70 bits per heavy atom. The van der Waals surface area contributed by atoms with Gasteiger partial charge >= 0.3 is 0 Å². The minimum Gasteiger partial charge on any atom is -0.226 e. The molecule has 0 N–H and O–H groups in total. The predicted octanol–water partition coefficient (Wildman–Crippen LogP) is 2.00. The quantitative estimate of drug-likeness (QED) is 0.545. The molecule has 0 amide bonds. The Kier molecular flexibility index (Phi) is 1.76. The van der Waals surface area contributed by atoms with Gasteiger partial charge in [-0.05, 0) is 6.07 Å². The molecule has 0 saturated carbocycles. The molecule has 1 nitrogen and oxygen atoms in total. The number of pyridine rings is 1. The highest BCUT2D eigenvalue weighted by molar-refractivity contribution is 5.46. The molecule has 0 unspecified atom stereocenters. The van der Waals surface area contributed by atoms with Gasteiger partial charge in [-0.3, -0.25) is 0 Å². The molecule has 52 valence electrons. The topological polar surface area (TPSA) is 12.9 Å². The Balaban J connectivity index is 3.27. The van der Waals surface area contributed by atoms with Crippen LogP contribution in [0.3, 0.4) is 0 Å². The molecule has 0 aliphatic carbocycles. The van der Waals surface area contributed by atoms with Crippen molar-refractivity contribution >= 4 is 6.08 Å². The second kappa shape index (κ2) is 2.56. The van der Waals surface area contributed by atoms with E-state index < -0.39 is 11.8 Å². The monoisotopic (exact) mass is 141 g/mol. The lowest BCUT2D eigenvalue weighted by Gasteiger charge is -1.93. The van der Waals surface area contributed by atoms with Crippen molar-refractivity contribution in [3.63, 3.8) is 0 Å². The van der Waals surface area contributed by atoms with Crippen molar-refractivity contribution in [2.75, 3.05) is 0 Å². The van der Waals surface area contributed by atoms with Crippen molar-refractivity contribution in [2.24, 2.45) is 0 Å². The number of aromatic nitrogens is 1. The summed E-state index contributed by atoms with van der Waals surface area (Å²) in [5.41, 5.74) is 0.132. The van der Waals surface area contributed by atoms with Gasteiger partial charge in [0.25, 0.3) is 0 Å². The van der Waals surface area contributed by atoms with Crippen molar-refractivity contribution < 1.29 is 8.78 Å². The van der Waals surface area contributed by atoms with Crippen LogP contribution in [-0.2, 0) is 0 Å². The third-order valence-corrected chi connectivity index (χ3v) is 1.10. The fourth-order valence-corrected chi connectivity index (χ4v) is 0.590. The first-order chi connectivity index (χ1) is 4.75. The molecule has 0 aromatic carbocycles. The van der Waals surface area contributed by atoms with Crippen LogP contribution in [0.25, 0.3) is 6.08 Å². The van der Waals surface area contributed by atoms with Crippen molar-refractivity contribution in [2.45, 2.75) is 0 Å². The number of rotatable bonds is 1. The molecule has 1 aromatic heterocycles. The largest absolute Gasteiger partial charge is 0.249 e. The molecule has 1 rings (SSSR count).